The number of carboxylic acids is 1. The molecular weight excluding hydrogens is 198 g/mol. The lowest BCUT2D eigenvalue weighted by molar-refractivity contribution is -0.141. The zero-order valence-corrected chi connectivity index (χ0v) is 8.86. The number of methoxy groups -OCH3 is 1. The first-order valence-corrected chi connectivity index (χ1v) is 5.22. The topological polar surface area (TPSA) is 75.6 Å². The predicted molar refractivity (Wildman–Crippen MR) is 53.5 cm³/mol. The highest BCUT2D eigenvalue weighted by Crippen LogP contribution is 2.26. The van der Waals surface area contributed by atoms with Crippen LogP contribution >= 0.6 is 0 Å². The molecule has 1 fully saturated rings. The third-order valence-electron chi connectivity index (χ3n) is 2.85. The van der Waals surface area contributed by atoms with E-state index in [1.54, 1.807) is 0 Å². The SMILES string of the molecule is COC(=O)NC(C(=O)O)C1CCCCC1. The van der Waals surface area contributed by atoms with E-state index in [4.69, 9.17) is 5.11 Å². The fraction of sp³-hybridized carbons (Fsp3) is 0.800. The molecule has 0 radical (unpaired) electrons. The van der Waals surface area contributed by atoms with E-state index in [2.05, 4.69) is 10.1 Å². The van der Waals surface area contributed by atoms with Crippen molar-refractivity contribution in [2.75, 3.05) is 7.11 Å². The van der Waals surface area contributed by atoms with Gasteiger partial charge in [-0.15, -0.1) is 0 Å². The maximum Gasteiger partial charge on any atom is 0.407 e. The molecule has 15 heavy (non-hydrogen) atoms. The van der Waals surface area contributed by atoms with Crippen LogP contribution in [0.15, 0.2) is 0 Å². The van der Waals surface area contributed by atoms with Gasteiger partial charge in [-0.05, 0) is 18.8 Å². The van der Waals surface area contributed by atoms with Crippen LogP contribution in [0.3, 0.4) is 0 Å². The van der Waals surface area contributed by atoms with Crippen LogP contribution in [-0.2, 0) is 9.53 Å². The summed E-state index contributed by atoms with van der Waals surface area (Å²) in [4.78, 5) is 22.0. The summed E-state index contributed by atoms with van der Waals surface area (Å²) in [6.45, 7) is 0. The Morgan fingerprint density at radius 1 is 1.33 bits per heavy atom. The number of carbonyl (C=O) groups is 2. The summed E-state index contributed by atoms with van der Waals surface area (Å²) < 4.78 is 4.41. The Kier molecular flexibility index (Phi) is 4.39. The highest BCUT2D eigenvalue weighted by molar-refractivity contribution is 5.80. The van der Waals surface area contributed by atoms with Crippen molar-refractivity contribution in [2.45, 2.75) is 38.1 Å². The molecule has 0 spiro atoms. The van der Waals surface area contributed by atoms with Crippen molar-refractivity contribution in [3.05, 3.63) is 0 Å². The van der Waals surface area contributed by atoms with Crippen LogP contribution in [0.1, 0.15) is 32.1 Å². The molecule has 0 aromatic heterocycles. The van der Waals surface area contributed by atoms with Crippen molar-refractivity contribution in [1.29, 1.82) is 0 Å². The molecule has 1 saturated carbocycles. The summed E-state index contributed by atoms with van der Waals surface area (Å²) in [7, 11) is 1.23. The van der Waals surface area contributed by atoms with E-state index in [0.29, 0.717) is 0 Å². The van der Waals surface area contributed by atoms with Crippen LogP contribution in [0.25, 0.3) is 0 Å². The van der Waals surface area contributed by atoms with Gasteiger partial charge in [-0.3, -0.25) is 0 Å². The number of nitrogens with one attached hydrogen (secondary N) is 1. The van der Waals surface area contributed by atoms with Crippen molar-refractivity contribution in [1.82, 2.24) is 5.32 Å². The van der Waals surface area contributed by atoms with E-state index in [-0.39, 0.29) is 5.92 Å². The fourth-order valence-corrected chi connectivity index (χ4v) is 2.03. The second-order valence-electron chi connectivity index (χ2n) is 3.85. The van der Waals surface area contributed by atoms with Gasteiger partial charge in [0.25, 0.3) is 0 Å². The Labute approximate surface area is 88.8 Å². The number of hydrogen-bond donors (Lipinski definition) is 2. The van der Waals surface area contributed by atoms with Gasteiger partial charge in [-0.1, -0.05) is 19.3 Å². The second kappa shape index (κ2) is 5.58. The first-order chi connectivity index (χ1) is 7.15. The third kappa shape index (κ3) is 3.42. The molecule has 86 valence electrons. The Hall–Kier alpha value is -1.26. The zero-order chi connectivity index (χ0) is 11.3. The van der Waals surface area contributed by atoms with Gasteiger partial charge in [0, 0.05) is 0 Å². The first kappa shape index (κ1) is 11.8. The van der Waals surface area contributed by atoms with E-state index in [1.165, 1.54) is 7.11 Å². The Morgan fingerprint density at radius 3 is 2.40 bits per heavy atom. The van der Waals surface area contributed by atoms with Crippen molar-refractivity contribution in [3.63, 3.8) is 0 Å². The lowest BCUT2D eigenvalue weighted by Gasteiger charge is -2.27. The lowest BCUT2D eigenvalue weighted by atomic mass is 9.84. The third-order valence-corrected chi connectivity index (χ3v) is 2.85. The highest BCUT2D eigenvalue weighted by Gasteiger charge is 2.30. The van der Waals surface area contributed by atoms with Crippen LogP contribution in [0.2, 0.25) is 0 Å². The minimum absolute atomic E-state index is 0.0374. The van der Waals surface area contributed by atoms with Gasteiger partial charge >= 0.3 is 12.1 Å². The summed E-state index contributed by atoms with van der Waals surface area (Å²) in [5.41, 5.74) is 0. The molecule has 1 rings (SSSR count). The molecule has 5 nitrogen and oxygen atoms in total. The molecule has 0 saturated heterocycles. The quantitative estimate of drug-likeness (QED) is 0.745. The number of rotatable bonds is 3. The van der Waals surface area contributed by atoms with Gasteiger partial charge in [-0.2, -0.15) is 0 Å². The lowest BCUT2D eigenvalue weighted by Crippen LogP contribution is -2.46. The number of alkyl carbamates (subject to hydrolysis) is 1. The van der Waals surface area contributed by atoms with Gasteiger partial charge in [0.15, 0.2) is 0 Å². The van der Waals surface area contributed by atoms with Crippen LogP contribution < -0.4 is 5.32 Å². The summed E-state index contributed by atoms with van der Waals surface area (Å²) >= 11 is 0. The average Bonchev–Trinajstić information content (AvgIpc) is 2.26. The summed E-state index contributed by atoms with van der Waals surface area (Å²) in [6, 6.07) is -0.808. The van der Waals surface area contributed by atoms with Gasteiger partial charge in [-0.25, -0.2) is 9.59 Å². The molecule has 0 aromatic carbocycles. The molecule has 0 aromatic rings. The van der Waals surface area contributed by atoms with Crippen molar-refractivity contribution >= 4 is 12.1 Å². The molecular formula is C10H17NO4. The Morgan fingerprint density at radius 2 is 1.93 bits per heavy atom. The average molecular weight is 215 g/mol. The number of carboxylic acid groups (broad SMARTS) is 1. The maximum absolute atomic E-state index is 11.0. The van der Waals surface area contributed by atoms with Crippen LogP contribution in [0.4, 0.5) is 4.79 Å². The minimum Gasteiger partial charge on any atom is -0.480 e. The number of carbonyl (C=O) groups excluding carboxylic acids is 1. The van der Waals surface area contributed by atoms with Gasteiger partial charge in [0.1, 0.15) is 6.04 Å². The minimum atomic E-state index is -0.979. The molecule has 1 atom stereocenters. The van der Waals surface area contributed by atoms with E-state index < -0.39 is 18.1 Å². The number of amides is 1. The molecule has 0 bridgehead atoms. The molecule has 1 amide bonds. The maximum atomic E-state index is 11.0. The zero-order valence-electron chi connectivity index (χ0n) is 8.86. The van der Waals surface area contributed by atoms with E-state index in [0.717, 1.165) is 32.1 Å². The summed E-state index contributed by atoms with van der Waals surface area (Å²) in [6.07, 6.45) is 4.28. The molecule has 1 unspecified atom stereocenters. The van der Waals surface area contributed by atoms with Crippen LogP contribution in [0.5, 0.6) is 0 Å². The number of aliphatic carboxylic acids is 1. The van der Waals surface area contributed by atoms with E-state index in [9.17, 15) is 9.59 Å². The van der Waals surface area contributed by atoms with Crippen LogP contribution in [0, 0.1) is 5.92 Å². The molecule has 2 N–H and O–H groups in total. The smallest absolute Gasteiger partial charge is 0.407 e. The Bertz CT molecular complexity index is 236. The molecule has 0 aliphatic heterocycles. The fourth-order valence-electron chi connectivity index (χ4n) is 2.03. The molecule has 0 heterocycles. The van der Waals surface area contributed by atoms with Crippen LogP contribution in [-0.4, -0.2) is 30.3 Å². The van der Waals surface area contributed by atoms with E-state index in [1.807, 2.05) is 0 Å². The predicted octanol–water partition coefficient (Wildman–Crippen LogP) is 1.38. The largest absolute Gasteiger partial charge is 0.480 e. The van der Waals surface area contributed by atoms with Crippen molar-refractivity contribution in [3.8, 4) is 0 Å². The number of ether oxygens (including phenoxy) is 1. The van der Waals surface area contributed by atoms with Gasteiger partial charge in [0.2, 0.25) is 0 Å². The first-order valence-electron chi connectivity index (χ1n) is 5.22. The monoisotopic (exact) mass is 215 g/mol. The molecule has 1 aliphatic rings. The molecule has 1 aliphatic carbocycles. The number of hydrogen-bond acceptors (Lipinski definition) is 3. The van der Waals surface area contributed by atoms with Gasteiger partial charge in [0.05, 0.1) is 7.11 Å². The summed E-state index contributed by atoms with van der Waals surface area (Å²) in [5.74, 6) is -0.942. The van der Waals surface area contributed by atoms with Gasteiger partial charge < -0.3 is 15.2 Å². The standard InChI is InChI=1S/C10H17NO4/c1-15-10(14)11-8(9(12)13)7-5-3-2-4-6-7/h7-8H,2-6H2,1H3,(H,11,14)(H,12,13). The van der Waals surface area contributed by atoms with E-state index >= 15 is 0 Å². The Balaban J connectivity index is 2.55. The summed E-state index contributed by atoms with van der Waals surface area (Å²) in [5, 5.41) is 11.4. The highest BCUT2D eigenvalue weighted by atomic mass is 16.5. The second-order valence-corrected chi connectivity index (χ2v) is 3.85. The van der Waals surface area contributed by atoms with Crippen molar-refractivity contribution < 1.29 is 19.4 Å². The van der Waals surface area contributed by atoms with Crippen molar-refractivity contribution in [2.24, 2.45) is 5.92 Å². The normalized spacial score (nSPS) is 19.3. The molecule has 5 heteroatoms.